The lowest BCUT2D eigenvalue weighted by Gasteiger charge is -2.25. The fraction of sp³-hybridized carbons (Fsp3) is 0.333. The highest BCUT2D eigenvalue weighted by atomic mass is 35.5. The summed E-state index contributed by atoms with van der Waals surface area (Å²) in [6.45, 7) is 5.33. The number of likely N-dealkylation sites (tertiary alicyclic amines) is 1. The molecule has 33 heavy (non-hydrogen) atoms. The second-order valence-corrected chi connectivity index (χ2v) is 9.28. The second-order valence-electron chi connectivity index (χ2n) is 7.90. The van der Waals surface area contributed by atoms with Crippen molar-refractivity contribution in [2.75, 3.05) is 17.6 Å². The molecule has 2 aromatic carbocycles. The highest BCUT2D eigenvalue weighted by molar-refractivity contribution is 7.99. The summed E-state index contributed by atoms with van der Waals surface area (Å²) in [4.78, 5) is 27.6. The first kappa shape index (κ1) is 23.3. The van der Waals surface area contributed by atoms with Gasteiger partial charge in [0.05, 0.1) is 11.8 Å². The number of nitrogens with one attached hydrogen (secondary N) is 1. The summed E-state index contributed by atoms with van der Waals surface area (Å²) in [5.74, 6) is 0.874. The number of thioether (sulfide) groups is 1. The van der Waals surface area contributed by atoms with Crippen molar-refractivity contribution in [1.29, 1.82) is 0 Å². The molecule has 1 atom stereocenters. The van der Waals surface area contributed by atoms with E-state index in [0.717, 1.165) is 29.8 Å². The van der Waals surface area contributed by atoms with Crippen LogP contribution in [-0.4, -0.2) is 43.8 Å². The van der Waals surface area contributed by atoms with E-state index in [1.165, 1.54) is 11.8 Å². The highest BCUT2D eigenvalue weighted by Gasteiger charge is 2.35. The maximum atomic E-state index is 13.3. The van der Waals surface area contributed by atoms with Crippen LogP contribution in [0.25, 0.3) is 0 Å². The quantitative estimate of drug-likeness (QED) is 0.480. The Balaban J connectivity index is 1.46. The zero-order chi connectivity index (χ0) is 23.4. The van der Waals surface area contributed by atoms with E-state index in [4.69, 9.17) is 11.6 Å². The van der Waals surface area contributed by atoms with Crippen LogP contribution in [0, 0.1) is 6.92 Å². The number of anilines is 1. The minimum absolute atomic E-state index is 0.0257. The van der Waals surface area contributed by atoms with E-state index in [1.807, 2.05) is 47.6 Å². The predicted molar refractivity (Wildman–Crippen MR) is 131 cm³/mol. The molecule has 9 heteroatoms. The lowest BCUT2D eigenvalue weighted by molar-refractivity contribution is -0.113. The summed E-state index contributed by atoms with van der Waals surface area (Å²) in [6, 6.07) is 14.5. The third kappa shape index (κ3) is 5.23. The molecule has 0 aliphatic carbocycles. The molecule has 0 radical (unpaired) electrons. The van der Waals surface area contributed by atoms with Gasteiger partial charge in [0.2, 0.25) is 5.91 Å². The third-order valence-electron chi connectivity index (χ3n) is 5.71. The monoisotopic (exact) mass is 483 g/mol. The number of halogens is 1. The maximum absolute atomic E-state index is 13.3. The van der Waals surface area contributed by atoms with Crippen LogP contribution in [0.4, 0.5) is 5.69 Å². The fourth-order valence-corrected chi connectivity index (χ4v) is 4.99. The molecular weight excluding hydrogens is 458 g/mol. The Morgan fingerprint density at radius 2 is 1.91 bits per heavy atom. The lowest BCUT2D eigenvalue weighted by atomic mass is 10.1. The first-order valence-electron chi connectivity index (χ1n) is 11.0. The number of aryl methyl sites for hydroxylation is 1. The minimum Gasteiger partial charge on any atom is -0.328 e. The molecule has 1 unspecified atom stereocenters. The Bertz CT molecular complexity index is 1150. The first-order chi connectivity index (χ1) is 16.0. The van der Waals surface area contributed by atoms with Gasteiger partial charge in [0.1, 0.15) is 0 Å². The summed E-state index contributed by atoms with van der Waals surface area (Å²) in [5.41, 5.74) is 2.38. The molecule has 172 valence electrons. The average Bonchev–Trinajstić information content (AvgIpc) is 3.45. The van der Waals surface area contributed by atoms with Crippen molar-refractivity contribution < 1.29 is 9.59 Å². The van der Waals surface area contributed by atoms with E-state index >= 15 is 0 Å². The van der Waals surface area contributed by atoms with Gasteiger partial charge in [-0.1, -0.05) is 41.6 Å². The topological polar surface area (TPSA) is 80.1 Å². The summed E-state index contributed by atoms with van der Waals surface area (Å²) in [7, 11) is 0. The van der Waals surface area contributed by atoms with E-state index in [9.17, 15) is 9.59 Å². The van der Waals surface area contributed by atoms with Crippen LogP contribution in [0.5, 0.6) is 0 Å². The Morgan fingerprint density at radius 1 is 1.15 bits per heavy atom. The molecule has 1 aliphatic heterocycles. The lowest BCUT2D eigenvalue weighted by Crippen LogP contribution is -2.32. The number of amides is 2. The number of rotatable bonds is 7. The Morgan fingerprint density at radius 3 is 2.64 bits per heavy atom. The van der Waals surface area contributed by atoms with Crippen molar-refractivity contribution in [3.63, 3.8) is 0 Å². The Hall–Kier alpha value is -2.84. The van der Waals surface area contributed by atoms with Gasteiger partial charge in [-0.3, -0.25) is 9.59 Å². The molecule has 0 saturated carbocycles. The number of carbonyl (C=O) groups is 2. The van der Waals surface area contributed by atoms with Crippen LogP contribution in [0.15, 0.2) is 53.7 Å². The van der Waals surface area contributed by atoms with Gasteiger partial charge in [0.15, 0.2) is 11.0 Å². The standard InChI is InChI=1S/C24H26ClN5O2S/c1-3-29-22(20-9-6-14-30(20)23(32)19-8-5-4-7-16(19)2)27-28-24(29)33-15-21(31)26-18-12-10-17(25)11-13-18/h4-5,7-8,10-13,20H,3,6,9,14-15H2,1-2H3,(H,26,31). The molecule has 7 nitrogen and oxygen atoms in total. The van der Waals surface area contributed by atoms with Gasteiger partial charge in [-0.25, -0.2) is 0 Å². The van der Waals surface area contributed by atoms with Crippen molar-refractivity contribution in [2.45, 2.75) is 44.4 Å². The molecule has 1 saturated heterocycles. The van der Waals surface area contributed by atoms with Crippen LogP contribution in [0.3, 0.4) is 0 Å². The molecule has 3 aromatic rings. The van der Waals surface area contributed by atoms with E-state index < -0.39 is 0 Å². The smallest absolute Gasteiger partial charge is 0.254 e. The van der Waals surface area contributed by atoms with Crippen LogP contribution in [-0.2, 0) is 11.3 Å². The van der Waals surface area contributed by atoms with Gasteiger partial charge in [-0.05, 0) is 62.6 Å². The van der Waals surface area contributed by atoms with Crippen LogP contribution < -0.4 is 5.32 Å². The van der Waals surface area contributed by atoms with Crippen molar-refractivity contribution in [1.82, 2.24) is 19.7 Å². The highest BCUT2D eigenvalue weighted by Crippen LogP contribution is 2.34. The molecule has 0 spiro atoms. The minimum atomic E-state index is -0.133. The van der Waals surface area contributed by atoms with Gasteiger partial charge in [-0.2, -0.15) is 0 Å². The molecule has 1 aliphatic rings. The van der Waals surface area contributed by atoms with Crippen molar-refractivity contribution in [3.05, 3.63) is 70.5 Å². The van der Waals surface area contributed by atoms with E-state index in [2.05, 4.69) is 15.5 Å². The fourth-order valence-electron chi connectivity index (χ4n) is 4.06. The number of benzene rings is 2. The van der Waals surface area contributed by atoms with E-state index in [1.54, 1.807) is 24.3 Å². The second kappa shape index (κ2) is 10.4. The van der Waals surface area contributed by atoms with Crippen molar-refractivity contribution >= 4 is 40.9 Å². The van der Waals surface area contributed by atoms with Gasteiger partial charge >= 0.3 is 0 Å². The molecule has 2 amide bonds. The zero-order valence-corrected chi connectivity index (χ0v) is 20.2. The molecule has 1 fully saturated rings. The number of nitrogens with zero attached hydrogens (tertiary/aromatic N) is 4. The van der Waals surface area contributed by atoms with E-state index in [0.29, 0.717) is 29.0 Å². The third-order valence-corrected chi connectivity index (χ3v) is 6.93. The van der Waals surface area contributed by atoms with Gasteiger partial charge in [-0.15, -0.1) is 10.2 Å². The molecule has 2 heterocycles. The van der Waals surface area contributed by atoms with Crippen LogP contribution in [0.2, 0.25) is 5.02 Å². The predicted octanol–water partition coefficient (Wildman–Crippen LogP) is 4.97. The SMILES string of the molecule is CCn1c(SCC(=O)Nc2ccc(Cl)cc2)nnc1C1CCCN1C(=O)c1ccccc1C. The summed E-state index contributed by atoms with van der Waals surface area (Å²) >= 11 is 7.23. The van der Waals surface area contributed by atoms with Crippen molar-refractivity contribution in [3.8, 4) is 0 Å². The molecular formula is C24H26ClN5O2S. The Kier molecular flexibility index (Phi) is 7.35. The largest absolute Gasteiger partial charge is 0.328 e. The summed E-state index contributed by atoms with van der Waals surface area (Å²) in [5, 5.41) is 12.9. The molecule has 1 aromatic heterocycles. The zero-order valence-electron chi connectivity index (χ0n) is 18.6. The first-order valence-corrected chi connectivity index (χ1v) is 12.3. The molecule has 4 rings (SSSR count). The molecule has 0 bridgehead atoms. The van der Waals surface area contributed by atoms with Gasteiger partial charge < -0.3 is 14.8 Å². The number of aromatic nitrogens is 3. The van der Waals surface area contributed by atoms with Crippen molar-refractivity contribution in [2.24, 2.45) is 0 Å². The van der Waals surface area contributed by atoms with Crippen LogP contribution in [0.1, 0.15) is 47.6 Å². The normalized spacial score (nSPS) is 15.6. The number of hydrogen-bond donors (Lipinski definition) is 1. The summed E-state index contributed by atoms with van der Waals surface area (Å²) in [6.07, 6.45) is 1.77. The Labute approximate surface area is 202 Å². The van der Waals surface area contributed by atoms with Gasteiger partial charge in [0, 0.05) is 29.4 Å². The average molecular weight is 484 g/mol. The van der Waals surface area contributed by atoms with Crippen LogP contribution >= 0.6 is 23.4 Å². The number of hydrogen-bond acceptors (Lipinski definition) is 5. The molecule has 1 N–H and O–H groups in total. The maximum Gasteiger partial charge on any atom is 0.254 e. The summed E-state index contributed by atoms with van der Waals surface area (Å²) < 4.78 is 2.01. The van der Waals surface area contributed by atoms with E-state index in [-0.39, 0.29) is 23.6 Å². The number of carbonyl (C=O) groups excluding carboxylic acids is 2. The van der Waals surface area contributed by atoms with Gasteiger partial charge in [0.25, 0.3) is 5.91 Å².